The van der Waals surface area contributed by atoms with E-state index < -0.39 is 5.54 Å². The molecular formula is C19H21NO2. The molecule has 1 aliphatic rings. The highest BCUT2D eigenvalue weighted by atomic mass is 16.5. The number of esters is 1. The molecule has 3 rings (SSSR count). The maximum Gasteiger partial charge on any atom is 0.327 e. The average molecular weight is 295 g/mol. The third-order valence-corrected chi connectivity index (χ3v) is 4.27. The van der Waals surface area contributed by atoms with Crippen molar-refractivity contribution < 1.29 is 9.53 Å². The summed E-state index contributed by atoms with van der Waals surface area (Å²) in [5.74, 6) is -0.133. The van der Waals surface area contributed by atoms with E-state index in [9.17, 15) is 4.79 Å². The molecule has 1 fully saturated rings. The molecule has 0 saturated carbocycles. The van der Waals surface area contributed by atoms with E-state index in [0.29, 0.717) is 6.61 Å². The van der Waals surface area contributed by atoms with Gasteiger partial charge in [0.15, 0.2) is 0 Å². The van der Waals surface area contributed by atoms with Gasteiger partial charge in [-0.1, -0.05) is 60.7 Å². The lowest BCUT2D eigenvalue weighted by atomic mass is 9.98. The van der Waals surface area contributed by atoms with Crippen LogP contribution in [0.15, 0.2) is 60.7 Å². The molecule has 0 amide bonds. The Balaban J connectivity index is 1.94. The molecule has 1 heterocycles. The van der Waals surface area contributed by atoms with Gasteiger partial charge in [-0.05, 0) is 25.0 Å². The summed E-state index contributed by atoms with van der Waals surface area (Å²) in [4.78, 5) is 14.4. The Morgan fingerprint density at radius 2 is 1.59 bits per heavy atom. The molecule has 2 aromatic carbocycles. The minimum atomic E-state index is -0.521. The Morgan fingerprint density at radius 3 is 2.05 bits per heavy atom. The van der Waals surface area contributed by atoms with E-state index in [-0.39, 0.29) is 12.0 Å². The minimum Gasteiger partial charge on any atom is -0.465 e. The number of rotatable bonds is 5. The van der Waals surface area contributed by atoms with Gasteiger partial charge in [0.25, 0.3) is 0 Å². The maximum absolute atomic E-state index is 12.2. The number of benzene rings is 2. The fourth-order valence-electron chi connectivity index (χ4n) is 2.96. The first-order valence-corrected chi connectivity index (χ1v) is 7.70. The third-order valence-electron chi connectivity index (χ3n) is 4.27. The standard InChI is InChI=1S/C19H21NO2/c1-3-22-18(21)19(2)14-20(19)17(15-10-6-4-7-11-15)16-12-8-5-9-13-16/h4-13,17H,3,14H2,1-2H3/t19-,20?/m1/s1. The van der Waals surface area contributed by atoms with Crippen molar-refractivity contribution in [2.75, 3.05) is 13.2 Å². The summed E-state index contributed by atoms with van der Waals surface area (Å²) >= 11 is 0. The van der Waals surface area contributed by atoms with E-state index in [2.05, 4.69) is 29.2 Å². The zero-order valence-corrected chi connectivity index (χ0v) is 13.0. The molecule has 2 atom stereocenters. The van der Waals surface area contributed by atoms with Crippen LogP contribution in [0.5, 0.6) is 0 Å². The second-order valence-corrected chi connectivity index (χ2v) is 5.85. The molecule has 3 nitrogen and oxygen atoms in total. The molecule has 1 saturated heterocycles. The molecule has 114 valence electrons. The van der Waals surface area contributed by atoms with Crippen LogP contribution >= 0.6 is 0 Å². The van der Waals surface area contributed by atoms with E-state index in [0.717, 1.165) is 6.54 Å². The second kappa shape index (κ2) is 5.93. The summed E-state index contributed by atoms with van der Waals surface area (Å²) in [6.07, 6.45) is 0. The van der Waals surface area contributed by atoms with Crippen molar-refractivity contribution in [3.8, 4) is 0 Å². The van der Waals surface area contributed by atoms with E-state index >= 15 is 0 Å². The van der Waals surface area contributed by atoms with Crippen molar-refractivity contribution in [3.63, 3.8) is 0 Å². The van der Waals surface area contributed by atoms with Gasteiger partial charge in [-0.25, -0.2) is 4.79 Å². The number of hydrogen-bond donors (Lipinski definition) is 0. The summed E-state index contributed by atoms with van der Waals surface area (Å²) in [6, 6.07) is 20.7. The molecule has 0 aromatic heterocycles. The number of carbonyl (C=O) groups is 1. The Bertz CT molecular complexity index is 601. The normalized spacial score (nSPS) is 23.3. The van der Waals surface area contributed by atoms with Gasteiger partial charge in [-0.2, -0.15) is 0 Å². The summed E-state index contributed by atoms with van der Waals surface area (Å²) < 4.78 is 5.24. The Hall–Kier alpha value is -2.13. The summed E-state index contributed by atoms with van der Waals surface area (Å²) in [6.45, 7) is 4.95. The van der Waals surface area contributed by atoms with Crippen LogP contribution in [0.3, 0.4) is 0 Å². The SMILES string of the molecule is CCOC(=O)[C@@]1(C)CN1C(c1ccccc1)c1ccccc1. The lowest BCUT2D eigenvalue weighted by Crippen LogP contribution is -2.30. The second-order valence-electron chi connectivity index (χ2n) is 5.85. The van der Waals surface area contributed by atoms with Gasteiger partial charge < -0.3 is 4.74 Å². The lowest BCUT2D eigenvalue weighted by Gasteiger charge is -2.23. The van der Waals surface area contributed by atoms with Gasteiger partial charge in [-0.15, -0.1) is 0 Å². The molecule has 0 aliphatic carbocycles. The molecule has 0 bridgehead atoms. The smallest absolute Gasteiger partial charge is 0.327 e. The molecule has 0 N–H and O–H groups in total. The predicted octanol–water partition coefficient (Wildman–Crippen LogP) is 3.41. The molecule has 0 radical (unpaired) electrons. The van der Waals surface area contributed by atoms with Crippen LogP contribution in [0.4, 0.5) is 0 Å². The van der Waals surface area contributed by atoms with Crippen molar-refractivity contribution in [1.29, 1.82) is 0 Å². The van der Waals surface area contributed by atoms with Crippen LogP contribution < -0.4 is 0 Å². The topological polar surface area (TPSA) is 29.3 Å². The molecule has 1 unspecified atom stereocenters. The fourth-order valence-corrected chi connectivity index (χ4v) is 2.96. The highest BCUT2D eigenvalue weighted by molar-refractivity contribution is 5.84. The average Bonchev–Trinajstić information content (AvgIpc) is 3.23. The lowest BCUT2D eigenvalue weighted by molar-refractivity contribution is -0.147. The van der Waals surface area contributed by atoms with Gasteiger partial charge in [0.1, 0.15) is 5.54 Å². The number of hydrogen-bond acceptors (Lipinski definition) is 3. The molecular weight excluding hydrogens is 274 g/mol. The van der Waals surface area contributed by atoms with Crippen LogP contribution in [-0.4, -0.2) is 29.6 Å². The van der Waals surface area contributed by atoms with Gasteiger partial charge in [-0.3, -0.25) is 4.90 Å². The number of nitrogens with zero attached hydrogens (tertiary/aromatic N) is 1. The van der Waals surface area contributed by atoms with E-state index in [1.807, 2.05) is 50.2 Å². The largest absolute Gasteiger partial charge is 0.465 e. The van der Waals surface area contributed by atoms with E-state index in [1.165, 1.54) is 11.1 Å². The zero-order chi connectivity index (χ0) is 15.6. The molecule has 3 heteroatoms. The summed E-state index contributed by atoms with van der Waals surface area (Å²) in [7, 11) is 0. The quantitative estimate of drug-likeness (QED) is 0.625. The minimum absolute atomic E-state index is 0.0804. The monoisotopic (exact) mass is 295 g/mol. The highest BCUT2D eigenvalue weighted by Gasteiger charge is 2.58. The van der Waals surface area contributed by atoms with Gasteiger partial charge >= 0.3 is 5.97 Å². The summed E-state index contributed by atoms with van der Waals surface area (Å²) in [5.41, 5.74) is 1.87. The molecule has 0 spiro atoms. The summed E-state index contributed by atoms with van der Waals surface area (Å²) in [5, 5.41) is 0. The Kier molecular flexibility index (Phi) is 3.99. The van der Waals surface area contributed by atoms with Crippen molar-refractivity contribution in [1.82, 2.24) is 4.90 Å². The van der Waals surface area contributed by atoms with Crippen LogP contribution in [0.2, 0.25) is 0 Å². The van der Waals surface area contributed by atoms with Gasteiger partial charge in [0.2, 0.25) is 0 Å². The third kappa shape index (κ3) is 2.64. The predicted molar refractivity (Wildman–Crippen MR) is 86.5 cm³/mol. The van der Waals surface area contributed by atoms with Crippen molar-refractivity contribution >= 4 is 5.97 Å². The molecule has 22 heavy (non-hydrogen) atoms. The number of ether oxygens (including phenoxy) is 1. The van der Waals surface area contributed by atoms with Crippen LogP contribution in [0.1, 0.15) is 31.0 Å². The van der Waals surface area contributed by atoms with Crippen molar-refractivity contribution in [3.05, 3.63) is 71.8 Å². The number of carbonyl (C=O) groups excluding carboxylic acids is 1. The van der Waals surface area contributed by atoms with Crippen LogP contribution in [0.25, 0.3) is 0 Å². The first kappa shape index (κ1) is 14.8. The molecule has 1 aliphatic heterocycles. The van der Waals surface area contributed by atoms with E-state index in [1.54, 1.807) is 0 Å². The maximum atomic E-state index is 12.2. The van der Waals surface area contributed by atoms with Crippen LogP contribution in [-0.2, 0) is 9.53 Å². The fraction of sp³-hybridized carbons (Fsp3) is 0.316. The van der Waals surface area contributed by atoms with Gasteiger partial charge in [0.05, 0.1) is 12.6 Å². The molecule has 2 aromatic rings. The highest BCUT2D eigenvalue weighted by Crippen LogP contribution is 2.44. The van der Waals surface area contributed by atoms with Crippen LogP contribution in [0, 0.1) is 0 Å². The Morgan fingerprint density at radius 1 is 1.09 bits per heavy atom. The first-order valence-electron chi connectivity index (χ1n) is 7.70. The Labute approximate surface area is 131 Å². The zero-order valence-electron chi connectivity index (χ0n) is 13.0. The van der Waals surface area contributed by atoms with Crippen molar-refractivity contribution in [2.45, 2.75) is 25.4 Å². The first-order chi connectivity index (χ1) is 10.7. The van der Waals surface area contributed by atoms with Crippen molar-refractivity contribution in [2.24, 2.45) is 0 Å². The van der Waals surface area contributed by atoms with Gasteiger partial charge in [0, 0.05) is 6.54 Å². The van der Waals surface area contributed by atoms with E-state index in [4.69, 9.17) is 4.74 Å².